The number of amides is 1. The molecule has 0 radical (unpaired) electrons. The van der Waals surface area contributed by atoms with Crippen molar-refractivity contribution in [1.82, 2.24) is 24.1 Å². The molecule has 0 unspecified atom stereocenters. The van der Waals surface area contributed by atoms with Gasteiger partial charge in [-0.2, -0.15) is 14.6 Å². The molecule has 0 spiro atoms. The summed E-state index contributed by atoms with van der Waals surface area (Å²) in [5.41, 5.74) is -1.00. The summed E-state index contributed by atoms with van der Waals surface area (Å²) in [4.78, 5) is 58.6. The summed E-state index contributed by atoms with van der Waals surface area (Å²) in [6, 6.07) is 1.07. The molecule has 2 aliphatic heterocycles. The highest BCUT2D eigenvalue weighted by Gasteiger charge is 2.54. The molecule has 11 nitrogen and oxygen atoms in total. The second-order valence-electron chi connectivity index (χ2n) is 12.7. The fraction of sp³-hybridized carbons (Fsp3) is 0.714. The van der Waals surface area contributed by atoms with E-state index in [0.29, 0.717) is 12.2 Å². The van der Waals surface area contributed by atoms with Crippen LogP contribution >= 0.6 is 0 Å². The summed E-state index contributed by atoms with van der Waals surface area (Å²) in [6.45, 7) is 10.1. The Morgan fingerprint density at radius 1 is 1.15 bits per heavy atom. The molecular formula is C28H39N5O6. The first-order chi connectivity index (χ1) is 18.4. The fourth-order valence-electron chi connectivity index (χ4n) is 6.10. The molecule has 1 saturated heterocycles. The van der Waals surface area contributed by atoms with E-state index in [9.17, 15) is 19.2 Å². The lowest BCUT2D eigenvalue weighted by molar-refractivity contribution is -0.158. The molecule has 1 aliphatic carbocycles. The number of nitrogens with zero attached hydrogens (tertiary/aromatic N) is 5. The van der Waals surface area contributed by atoms with Crippen LogP contribution in [0.4, 0.5) is 0 Å². The standard InChI is InChI=1S/C28H39N5O6/c1-17-20(16-34)32-15-21(17)38-25-30-22-10-11-29-33(22)26(37)31(25)12-8-6-7-9-18-14-28(18,5)39-23(35)13-19(24(32)36)27(2,3)4/h10-11,16-21H,6-9,12-15H2,1-5H3/t17-,18+,19+,20+,21-,28+/m0/s1. The third-order valence-electron chi connectivity index (χ3n) is 8.87. The molecule has 0 aromatic carbocycles. The van der Waals surface area contributed by atoms with E-state index in [1.165, 1.54) is 20.2 Å². The van der Waals surface area contributed by atoms with Gasteiger partial charge in [-0.3, -0.25) is 9.59 Å². The van der Waals surface area contributed by atoms with Gasteiger partial charge in [0.1, 0.15) is 18.0 Å². The van der Waals surface area contributed by atoms with Crippen molar-refractivity contribution < 1.29 is 23.9 Å². The van der Waals surface area contributed by atoms with Crippen LogP contribution < -0.4 is 10.4 Å². The molecule has 3 aliphatic rings. The molecule has 2 fully saturated rings. The predicted molar refractivity (Wildman–Crippen MR) is 141 cm³/mol. The van der Waals surface area contributed by atoms with Gasteiger partial charge in [-0.25, -0.2) is 9.36 Å². The van der Waals surface area contributed by atoms with Gasteiger partial charge >= 0.3 is 17.7 Å². The molecule has 1 amide bonds. The number of carbonyl (C=O) groups is 3. The van der Waals surface area contributed by atoms with Crippen LogP contribution in [0.15, 0.2) is 17.1 Å². The SMILES string of the molecule is C[C@@H]1[C@@H]2CN(C(=O)[C@H](C(C)(C)C)CC(=O)O[C@]3(C)C[C@H]3CCCCCn3c(nc4ccnn4c3=O)O2)[C@@H]1C=O. The molecule has 1 saturated carbocycles. The zero-order chi connectivity index (χ0) is 28.1. The largest absolute Gasteiger partial charge is 0.459 e. The van der Waals surface area contributed by atoms with Crippen LogP contribution in [0.1, 0.15) is 73.1 Å². The van der Waals surface area contributed by atoms with Gasteiger partial charge in [-0.1, -0.05) is 40.5 Å². The Hall–Kier alpha value is -3.24. The van der Waals surface area contributed by atoms with Crippen molar-refractivity contribution in [1.29, 1.82) is 0 Å². The minimum Gasteiger partial charge on any atom is -0.459 e. The lowest BCUT2D eigenvalue weighted by Crippen LogP contribution is -2.46. The third kappa shape index (κ3) is 5.19. The highest BCUT2D eigenvalue weighted by molar-refractivity contribution is 5.87. The summed E-state index contributed by atoms with van der Waals surface area (Å²) < 4.78 is 15.0. The maximum absolute atomic E-state index is 13.9. The van der Waals surface area contributed by atoms with E-state index in [0.717, 1.165) is 38.4 Å². The number of hydrogen-bond acceptors (Lipinski definition) is 8. The lowest BCUT2D eigenvalue weighted by Gasteiger charge is -2.34. The van der Waals surface area contributed by atoms with Gasteiger partial charge in [0.25, 0.3) is 0 Å². The van der Waals surface area contributed by atoms with E-state index < -0.39 is 29.1 Å². The van der Waals surface area contributed by atoms with Crippen LogP contribution in [-0.2, 0) is 25.7 Å². The van der Waals surface area contributed by atoms with Crippen molar-refractivity contribution in [3.8, 4) is 6.01 Å². The Morgan fingerprint density at radius 3 is 2.64 bits per heavy atom. The van der Waals surface area contributed by atoms with Gasteiger partial charge < -0.3 is 19.2 Å². The number of ether oxygens (including phenoxy) is 2. The van der Waals surface area contributed by atoms with Gasteiger partial charge in [0, 0.05) is 24.4 Å². The Balaban J connectivity index is 1.51. The van der Waals surface area contributed by atoms with Gasteiger partial charge in [0.2, 0.25) is 5.91 Å². The number of aromatic nitrogens is 4. The highest BCUT2D eigenvalue weighted by atomic mass is 16.6. The number of rotatable bonds is 1. The summed E-state index contributed by atoms with van der Waals surface area (Å²) >= 11 is 0. The van der Waals surface area contributed by atoms with E-state index >= 15 is 0 Å². The number of carbonyl (C=O) groups excluding carboxylic acids is 3. The second kappa shape index (κ2) is 10.1. The van der Waals surface area contributed by atoms with Crippen molar-refractivity contribution in [2.75, 3.05) is 6.54 Å². The van der Waals surface area contributed by atoms with Crippen molar-refractivity contribution in [2.45, 2.75) is 97.4 Å². The number of aldehydes is 1. The molecule has 2 bridgehead atoms. The molecule has 5 rings (SSSR count). The maximum Gasteiger partial charge on any atom is 0.354 e. The first-order valence-electron chi connectivity index (χ1n) is 14.0. The monoisotopic (exact) mass is 541 g/mol. The first-order valence-corrected chi connectivity index (χ1v) is 14.0. The molecule has 212 valence electrons. The van der Waals surface area contributed by atoms with Gasteiger partial charge in [0.05, 0.1) is 31.1 Å². The summed E-state index contributed by atoms with van der Waals surface area (Å²) in [5, 5.41) is 4.11. The summed E-state index contributed by atoms with van der Waals surface area (Å²) in [5.74, 6) is -1.38. The van der Waals surface area contributed by atoms with Crippen LogP contribution in [0.2, 0.25) is 0 Å². The molecule has 4 heterocycles. The van der Waals surface area contributed by atoms with Gasteiger partial charge in [0.15, 0.2) is 5.65 Å². The summed E-state index contributed by atoms with van der Waals surface area (Å²) in [6.07, 6.45) is 5.98. The van der Waals surface area contributed by atoms with Crippen molar-refractivity contribution in [2.24, 2.45) is 23.2 Å². The fourth-order valence-corrected chi connectivity index (χ4v) is 6.10. The Morgan fingerprint density at radius 2 is 1.92 bits per heavy atom. The van der Waals surface area contributed by atoms with Crippen molar-refractivity contribution >= 4 is 23.8 Å². The normalized spacial score (nSPS) is 32.4. The second-order valence-corrected chi connectivity index (χ2v) is 12.7. The smallest absolute Gasteiger partial charge is 0.354 e. The molecular weight excluding hydrogens is 502 g/mol. The van der Waals surface area contributed by atoms with Crippen molar-refractivity contribution in [3.63, 3.8) is 0 Å². The maximum atomic E-state index is 13.9. The summed E-state index contributed by atoms with van der Waals surface area (Å²) in [7, 11) is 0. The quantitative estimate of drug-likeness (QED) is 0.399. The molecule has 2 aromatic heterocycles. The van der Waals surface area contributed by atoms with Crippen LogP contribution in [0.25, 0.3) is 5.65 Å². The molecule has 11 heteroatoms. The van der Waals surface area contributed by atoms with E-state index in [4.69, 9.17) is 9.47 Å². The Labute approximate surface area is 227 Å². The Bertz CT molecular complexity index is 1330. The topological polar surface area (TPSA) is 125 Å². The minimum absolute atomic E-state index is 0.0500. The number of fused-ring (bicyclic) bond motifs is 5. The number of esters is 1. The molecule has 6 atom stereocenters. The number of hydrogen-bond donors (Lipinski definition) is 0. The zero-order valence-corrected chi connectivity index (χ0v) is 23.5. The van der Waals surface area contributed by atoms with Crippen LogP contribution in [0.5, 0.6) is 6.01 Å². The first kappa shape index (κ1) is 27.3. The lowest BCUT2D eigenvalue weighted by atomic mass is 9.77. The van der Waals surface area contributed by atoms with Gasteiger partial charge in [-0.05, 0) is 31.6 Å². The van der Waals surface area contributed by atoms with Crippen LogP contribution in [0, 0.1) is 23.2 Å². The average Bonchev–Trinajstić information content (AvgIpc) is 3.16. The highest BCUT2D eigenvalue weighted by Crippen LogP contribution is 2.50. The van der Waals surface area contributed by atoms with E-state index in [1.54, 1.807) is 6.07 Å². The zero-order valence-electron chi connectivity index (χ0n) is 23.5. The van der Waals surface area contributed by atoms with Crippen LogP contribution in [0.3, 0.4) is 0 Å². The minimum atomic E-state index is -0.727. The van der Waals surface area contributed by atoms with E-state index in [1.807, 2.05) is 34.6 Å². The molecule has 2 aromatic rings. The predicted octanol–water partition coefficient (Wildman–Crippen LogP) is 2.63. The van der Waals surface area contributed by atoms with Crippen LogP contribution in [-0.4, -0.2) is 66.5 Å². The van der Waals surface area contributed by atoms with E-state index in [2.05, 4.69) is 10.1 Å². The third-order valence-corrected chi connectivity index (χ3v) is 8.87. The van der Waals surface area contributed by atoms with E-state index in [-0.39, 0.29) is 48.4 Å². The Kier molecular flexibility index (Phi) is 7.05. The van der Waals surface area contributed by atoms with Gasteiger partial charge in [-0.15, -0.1) is 0 Å². The molecule has 0 N–H and O–H groups in total. The van der Waals surface area contributed by atoms with Crippen molar-refractivity contribution in [3.05, 3.63) is 22.7 Å². The average molecular weight is 542 g/mol. The molecule has 39 heavy (non-hydrogen) atoms.